The summed E-state index contributed by atoms with van der Waals surface area (Å²) in [5.41, 5.74) is -1.45. The number of rotatable bonds is 6. The van der Waals surface area contributed by atoms with Gasteiger partial charge in [0.05, 0.1) is 22.8 Å². The van der Waals surface area contributed by atoms with E-state index in [1.54, 1.807) is 36.4 Å². The Bertz CT molecular complexity index is 1870. The fourth-order valence-electron chi connectivity index (χ4n) is 4.38. The predicted octanol–water partition coefficient (Wildman–Crippen LogP) is 5.46. The molecule has 0 aliphatic carbocycles. The first-order valence-electron chi connectivity index (χ1n) is 12.2. The normalized spacial score (nSPS) is 15.5. The molecule has 210 valence electrons. The molecule has 1 aliphatic heterocycles. The van der Waals surface area contributed by atoms with Gasteiger partial charge in [-0.15, -0.1) is 0 Å². The molecule has 0 saturated heterocycles. The third kappa shape index (κ3) is 5.55. The van der Waals surface area contributed by atoms with Crippen molar-refractivity contribution < 1.29 is 31.9 Å². The Morgan fingerprint density at radius 3 is 2.39 bits per heavy atom. The molecule has 5 rings (SSSR count). The summed E-state index contributed by atoms with van der Waals surface area (Å²) in [5, 5.41) is 0.323. The summed E-state index contributed by atoms with van der Waals surface area (Å²) in [5.74, 6) is -0.584. The number of carbonyl (C=O) groups is 2. The van der Waals surface area contributed by atoms with Gasteiger partial charge in [0.1, 0.15) is 11.5 Å². The quantitative estimate of drug-likeness (QED) is 0.217. The molecule has 0 N–H and O–H groups in total. The average Bonchev–Trinajstić information content (AvgIpc) is 3.52. The minimum Gasteiger partial charge on any atom is -0.463 e. The van der Waals surface area contributed by atoms with Gasteiger partial charge in [0.15, 0.2) is 16.3 Å². The van der Waals surface area contributed by atoms with Crippen molar-refractivity contribution in [1.29, 1.82) is 0 Å². The van der Waals surface area contributed by atoms with Crippen LogP contribution in [0, 0.1) is 0 Å². The smallest absolute Gasteiger partial charge is 0.434 e. The number of ether oxygens (including phenoxy) is 1. The molecule has 2 aromatic heterocycles. The standard InChI is InChI=1S/C29H20ClF3N2O5S/c1-3-39-27(38)23-24(18-8-10-19(30)11-9-18)35-26(37)22(41-28(35)34-25(23)29(31,32)33)14-20-12-13-21(40-20)17-6-4-16(5-7-17)15(2)36/h4-14,24H,3H2,1-2H3/b22-14-/t24-/m1/s1. The van der Waals surface area contributed by atoms with Crippen molar-refractivity contribution in [3.05, 3.63) is 114 Å². The second-order valence-corrected chi connectivity index (χ2v) is 10.4. The van der Waals surface area contributed by atoms with E-state index >= 15 is 0 Å². The van der Waals surface area contributed by atoms with E-state index in [9.17, 15) is 27.6 Å². The van der Waals surface area contributed by atoms with Gasteiger partial charge in [-0.1, -0.05) is 59.3 Å². The van der Waals surface area contributed by atoms with Crippen LogP contribution in [0.25, 0.3) is 17.4 Å². The zero-order valence-corrected chi connectivity index (χ0v) is 23.1. The number of allylic oxidation sites excluding steroid dienone is 1. The SMILES string of the molecule is CCOC(=O)C1=C(C(F)(F)F)N=c2s/c(=C\c3ccc(-c4ccc(C(C)=O)cc4)o3)c(=O)n2[C@@H]1c1ccc(Cl)cc1. The van der Waals surface area contributed by atoms with Crippen molar-refractivity contribution in [2.75, 3.05) is 6.61 Å². The van der Waals surface area contributed by atoms with Gasteiger partial charge in [0.25, 0.3) is 5.56 Å². The molecule has 0 saturated carbocycles. The first-order valence-corrected chi connectivity index (χ1v) is 13.4. The number of aromatic nitrogens is 1. The van der Waals surface area contributed by atoms with E-state index in [2.05, 4.69) is 4.99 Å². The first kappa shape index (κ1) is 28.3. The first-order chi connectivity index (χ1) is 19.5. The highest BCUT2D eigenvalue weighted by Crippen LogP contribution is 2.38. The number of fused-ring (bicyclic) bond motifs is 1. The number of halogens is 4. The highest BCUT2D eigenvalue weighted by Gasteiger charge is 2.45. The fourth-order valence-corrected chi connectivity index (χ4v) is 5.49. The van der Waals surface area contributed by atoms with E-state index in [4.69, 9.17) is 20.8 Å². The van der Waals surface area contributed by atoms with Gasteiger partial charge >= 0.3 is 12.1 Å². The molecule has 41 heavy (non-hydrogen) atoms. The molecule has 3 heterocycles. The van der Waals surface area contributed by atoms with Crippen LogP contribution in [0.3, 0.4) is 0 Å². The number of hydrogen-bond donors (Lipinski definition) is 0. The van der Waals surface area contributed by atoms with E-state index in [0.717, 1.165) is 15.9 Å². The molecule has 7 nitrogen and oxygen atoms in total. The number of benzene rings is 2. The summed E-state index contributed by atoms with van der Waals surface area (Å²) >= 11 is 6.73. The molecule has 1 atom stereocenters. The lowest BCUT2D eigenvalue weighted by atomic mass is 9.95. The van der Waals surface area contributed by atoms with Crippen LogP contribution in [0.2, 0.25) is 5.02 Å². The zero-order chi connectivity index (χ0) is 29.5. The number of Topliss-reactive ketones (excluding diaryl/α,β-unsaturated/α-hetero) is 1. The van der Waals surface area contributed by atoms with Crippen LogP contribution in [0.15, 0.2) is 86.1 Å². The largest absolute Gasteiger partial charge is 0.463 e. The second kappa shape index (κ2) is 11.0. The van der Waals surface area contributed by atoms with E-state index in [-0.39, 0.29) is 33.0 Å². The van der Waals surface area contributed by atoms with Gasteiger partial charge in [-0.3, -0.25) is 14.2 Å². The third-order valence-corrected chi connectivity index (χ3v) is 7.49. The summed E-state index contributed by atoms with van der Waals surface area (Å²) in [6.45, 7) is 2.75. The Labute approximate surface area is 239 Å². The summed E-state index contributed by atoms with van der Waals surface area (Å²) in [6, 6.07) is 14.4. The van der Waals surface area contributed by atoms with E-state index in [1.807, 2.05) is 0 Å². The van der Waals surface area contributed by atoms with Crippen molar-refractivity contribution in [2.45, 2.75) is 26.1 Å². The molecule has 12 heteroatoms. The highest BCUT2D eigenvalue weighted by molar-refractivity contribution is 7.07. The maximum absolute atomic E-state index is 14.2. The molecule has 0 bridgehead atoms. The number of thiazole rings is 1. The van der Waals surface area contributed by atoms with Crippen molar-refractivity contribution in [2.24, 2.45) is 4.99 Å². The van der Waals surface area contributed by atoms with Crippen LogP contribution in [0.1, 0.15) is 41.6 Å². The highest BCUT2D eigenvalue weighted by atomic mass is 35.5. The fraction of sp³-hybridized carbons (Fsp3) is 0.172. The van der Waals surface area contributed by atoms with Crippen LogP contribution in [0.5, 0.6) is 0 Å². The predicted molar refractivity (Wildman–Crippen MR) is 146 cm³/mol. The van der Waals surface area contributed by atoms with Crippen LogP contribution in [-0.2, 0) is 9.53 Å². The average molecular weight is 601 g/mol. The van der Waals surface area contributed by atoms with Gasteiger partial charge in [-0.05, 0) is 43.7 Å². The Morgan fingerprint density at radius 1 is 1.10 bits per heavy atom. The molecule has 4 aromatic rings. The maximum Gasteiger partial charge on any atom is 0.434 e. The lowest BCUT2D eigenvalue weighted by Crippen LogP contribution is -2.41. The Kier molecular flexibility index (Phi) is 7.58. The van der Waals surface area contributed by atoms with Crippen LogP contribution >= 0.6 is 22.9 Å². The van der Waals surface area contributed by atoms with Crippen molar-refractivity contribution in [3.8, 4) is 11.3 Å². The van der Waals surface area contributed by atoms with E-state index < -0.39 is 35.0 Å². The molecule has 0 spiro atoms. The molecule has 0 amide bonds. The van der Waals surface area contributed by atoms with Crippen LogP contribution in [0.4, 0.5) is 13.2 Å². The van der Waals surface area contributed by atoms with Crippen LogP contribution in [-0.4, -0.2) is 29.1 Å². The lowest BCUT2D eigenvalue weighted by Gasteiger charge is -2.26. The third-order valence-electron chi connectivity index (χ3n) is 6.26. The van der Waals surface area contributed by atoms with Gasteiger partial charge < -0.3 is 9.15 Å². The minimum atomic E-state index is -5.00. The summed E-state index contributed by atoms with van der Waals surface area (Å²) in [4.78, 5) is 41.6. The monoisotopic (exact) mass is 600 g/mol. The molecular formula is C29H20ClF3N2O5S. The summed E-state index contributed by atoms with van der Waals surface area (Å²) in [7, 11) is 0. The molecule has 2 aromatic carbocycles. The zero-order valence-electron chi connectivity index (χ0n) is 21.5. The van der Waals surface area contributed by atoms with Gasteiger partial charge in [0.2, 0.25) is 0 Å². The number of carbonyl (C=O) groups excluding carboxylic acids is 2. The van der Waals surface area contributed by atoms with Gasteiger partial charge in [-0.2, -0.15) is 13.2 Å². The number of esters is 1. The minimum absolute atomic E-state index is 0.0437. The summed E-state index contributed by atoms with van der Waals surface area (Å²) < 4.78 is 54.6. The Balaban J connectivity index is 1.66. The number of furan rings is 1. The molecule has 0 fully saturated rings. The summed E-state index contributed by atoms with van der Waals surface area (Å²) in [6.07, 6.45) is -3.60. The molecule has 1 aliphatic rings. The Morgan fingerprint density at radius 2 is 1.78 bits per heavy atom. The molecule has 0 unspecified atom stereocenters. The number of nitrogens with zero attached hydrogens (tertiary/aromatic N) is 2. The van der Waals surface area contributed by atoms with Crippen molar-refractivity contribution >= 4 is 40.8 Å². The van der Waals surface area contributed by atoms with E-state index in [1.165, 1.54) is 44.2 Å². The lowest BCUT2D eigenvalue weighted by molar-refractivity contribution is -0.140. The van der Waals surface area contributed by atoms with Crippen molar-refractivity contribution in [3.63, 3.8) is 0 Å². The van der Waals surface area contributed by atoms with Crippen molar-refractivity contribution in [1.82, 2.24) is 4.57 Å². The van der Waals surface area contributed by atoms with E-state index in [0.29, 0.717) is 21.9 Å². The maximum atomic E-state index is 14.2. The van der Waals surface area contributed by atoms with Gasteiger partial charge in [0, 0.05) is 22.2 Å². The molecular weight excluding hydrogens is 581 g/mol. The second-order valence-electron chi connectivity index (χ2n) is 8.95. The molecule has 0 radical (unpaired) electrons. The topological polar surface area (TPSA) is 90.9 Å². The number of alkyl halides is 3. The van der Waals surface area contributed by atoms with Crippen LogP contribution < -0.4 is 14.9 Å². The van der Waals surface area contributed by atoms with Gasteiger partial charge in [-0.25, -0.2) is 9.79 Å². The number of hydrogen-bond acceptors (Lipinski definition) is 7. The Hall–Kier alpha value is -4.22. The number of ketones is 1.